The fourth-order valence-corrected chi connectivity index (χ4v) is 17.3. The normalized spacial score (nSPS) is 11.9. The molecule has 0 radical (unpaired) electrons. The minimum atomic E-state index is -4.12. The van der Waals surface area contributed by atoms with E-state index in [0.29, 0.717) is 0 Å². The molecule has 672 valence electrons. The van der Waals surface area contributed by atoms with Gasteiger partial charge in [-0.25, -0.2) is 0 Å². The molecule has 0 saturated heterocycles. The molecule has 0 aliphatic rings. The van der Waals surface area contributed by atoms with Crippen molar-refractivity contribution in [1.82, 2.24) is 0 Å². The Kier molecular flexibility index (Phi) is 111. The number of phosphoric acid groups is 3. The van der Waals surface area contributed by atoms with Crippen molar-refractivity contribution in [3.05, 3.63) is 0 Å². The van der Waals surface area contributed by atoms with Crippen LogP contribution in [0, 0.1) is 0 Å². The Morgan fingerprint density at radius 2 is 0.196 bits per heavy atom. The largest absolute Gasteiger partial charge is 3.00 e. The predicted octanol–water partition coefficient (Wildman–Crippen LogP) is 34.0. The first-order valence-corrected chi connectivity index (χ1v) is 54.5. The number of hydrogen-bond donors (Lipinski definition) is 0. The molecule has 16 heteroatoms. The molecule has 0 rings (SSSR count). The Balaban J connectivity index is -0.000000778. The van der Waals surface area contributed by atoms with E-state index in [2.05, 4.69) is 41.5 Å². The summed E-state index contributed by atoms with van der Waals surface area (Å²) in [7, 11) is -12.3. The van der Waals surface area contributed by atoms with Gasteiger partial charge in [-0.15, -0.1) is 0 Å². The molecule has 12 nitrogen and oxygen atoms in total. The summed E-state index contributed by atoms with van der Waals surface area (Å²) in [6.07, 6.45) is 108. The second kappa shape index (κ2) is 104. The van der Waals surface area contributed by atoms with E-state index in [-0.39, 0.29) is 57.0 Å². The van der Waals surface area contributed by atoms with Crippen molar-refractivity contribution in [2.75, 3.05) is 39.6 Å². The quantitative estimate of drug-likeness (QED) is 0.0320. The van der Waals surface area contributed by atoms with E-state index in [1.165, 1.54) is 462 Å². The zero-order chi connectivity index (χ0) is 81.4. The van der Waals surface area contributed by atoms with Gasteiger partial charge < -0.3 is 41.8 Å². The zero-order valence-electron chi connectivity index (χ0n) is 76.5. The van der Waals surface area contributed by atoms with Gasteiger partial charge in [-0.3, -0.25) is 13.7 Å². The molecule has 0 bridgehead atoms. The number of phosphoric ester groups is 3. The summed E-state index contributed by atoms with van der Waals surface area (Å²) in [6, 6.07) is 0. The van der Waals surface area contributed by atoms with E-state index in [1.807, 2.05) is 0 Å². The first-order chi connectivity index (χ1) is 54.4. The first kappa shape index (κ1) is 119. The van der Waals surface area contributed by atoms with Crippen molar-refractivity contribution in [3.8, 4) is 0 Å². The summed E-state index contributed by atoms with van der Waals surface area (Å²) in [5, 5.41) is 0. The Bertz CT molecular complexity index is 1510. The summed E-state index contributed by atoms with van der Waals surface area (Å²) in [4.78, 5) is 35.6. The maximum atomic E-state index is 11.9. The molecule has 0 aromatic rings. The summed E-state index contributed by atoms with van der Waals surface area (Å²) < 4.78 is 65.8. The summed E-state index contributed by atoms with van der Waals surface area (Å²) in [5.74, 6) is 0. The Labute approximate surface area is 712 Å². The molecule has 0 spiro atoms. The number of hydrogen-bond acceptors (Lipinski definition) is 12. The van der Waals surface area contributed by atoms with Gasteiger partial charge in [0.25, 0.3) is 23.5 Å². The van der Waals surface area contributed by atoms with E-state index in [9.17, 15) is 28.4 Å². The Hall–Kier alpha value is 0.862. The van der Waals surface area contributed by atoms with Crippen molar-refractivity contribution in [2.24, 2.45) is 0 Å². The van der Waals surface area contributed by atoms with Crippen molar-refractivity contribution < 1.29 is 55.5 Å². The van der Waals surface area contributed by atoms with Crippen LogP contribution in [0.5, 0.6) is 0 Å². The van der Waals surface area contributed by atoms with E-state index in [1.54, 1.807) is 0 Å². The molecule has 0 aromatic heterocycles. The third-order valence-corrected chi connectivity index (χ3v) is 25.5. The third kappa shape index (κ3) is 113. The van der Waals surface area contributed by atoms with Crippen molar-refractivity contribution >= 4 is 40.8 Å². The van der Waals surface area contributed by atoms with Crippen molar-refractivity contribution in [1.29, 1.82) is 0 Å². The monoisotopic (exact) mass is 1660 g/mol. The van der Waals surface area contributed by atoms with Crippen LogP contribution in [0.1, 0.15) is 581 Å². The molecule has 0 aliphatic heterocycles. The van der Waals surface area contributed by atoms with Gasteiger partial charge in [0.15, 0.2) is 0 Å². The van der Waals surface area contributed by atoms with Gasteiger partial charge in [-0.2, -0.15) is 0 Å². The van der Waals surface area contributed by atoms with Gasteiger partial charge >= 0.3 is 17.4 Å². The average molecular weight is 1660 g/mol. The molecule has 0 saturated carbocycles. The van der Waals surface area contributed by atoms with E-state index in [4.69, 9.17) is 27.1 Å². The molecule has 0 unspecified atom stereocenters. The molecular formula is C96H198AlO12P3. The average Bonchev–Trinajstić information content (AvgIpc) is 0.954. The fourth-order valence-electron chi connectivity index (χ4n) is 14.9. The molecule has 0 aromatic carbocycles. The second-order valence-corrected chi connectivity index (χ2v) is 38.2. The van der Waals surface area contributed by atoms with Crippen molar-refractivity contribution in [3.63, 3.8) is 0 Å². The maximum absolute atomic E-state index is 11.9. The number of rotatable bonds is 96. The van der Waals surface area contributed by atoms with Gasteiger partial charge in [0.2, 0.25) is 0 Å². The zero-order valence-corrected chi connectivity index (χ0v) is 80.3. The fraction of sp³-hybridized carbons (Fsp3) is 1.00. The summed E-state index contributed by atoms with van der Waals surface area (Å²) in [6.45, 7) is 15.2. The first-order valence-electron chi connectivity index (χ1n) is 50.2. The maximum Gasteiger partial charge on any atom is 3.00 e. The van der Waals surface area contributed by atoms with Gasteiger partial charge in [-0.1, -0.05) is 542 Å². The summed E-state index contributed by atoms with van der Waals surface area (Å²) in [5.41, 5.74) is 0. The second-order valence-electron chi connectivity index (χ2n) is 33.9. The van der Waals surface area contributed by atoms with E-state index < -0.39 is 23.5 Å². The molecule has 0 atom stereocenters. The van der Waals surface area contributed by atoms with Gasteiger partial charge in [0.1, 0.15) is 0 Å². The SMILES string of the molecule is CCCCCCCCCCCCCCCCOP(=O)([O-])OCCCCCCCCCCCCCCCC.CCCCCCCCCCCCCCCCOP(=O)([O-])OCCCCCCCCCCCCCCCC.CCCCCCCCCCCCCCCCOP(=O)([O-])OCCCCCCCCCCCCCCCC.[Al+3]. The molecular weight excluding hydrogens is 1460 g/mol. The molecule has 0 amide bonds. The molecule has 0 fully saturated rings. The Morgan fingerprint density at radius 1 is 0.134 bits per heavy atom. The molecule has 112 heavy (non-hydrogen) atoms. The standard InChI is InChI=1S/3C32H67O4P.Al/c3*1-3-5-7-9-11-13-15-17-19-21-23-25-27-29-31-35-37(33,34)36-32-30-28-26-24-22-20-18-16-14-12-10-8-6-4-2;/h3*3-32H2,1-2H3,(H,33,34);/q;;;+3/p-3. The van der Waals surface area contributed by atoms with E-state index >= 15 is 0 Å². The van der Waals surface area contributed by atoms with Crippen LogP contribution >= 0.6 is 23.5 Å². The molecule has 0 N–H and O–H groups in total. The third-order valence-electron chi connectivity index (χ3n) is 22.5. The van der Waals surface area contributed by atoms with Gasteiger partial charge in [0, 0.05) is 0 Å². The van der Waals surface area contributed by atoms with E-state index in [0.717, 1.165) is 77.0 Å². The van der Waals surface area contributed by atoms with Crippen LogP contribution < -0.4 is 14.7 Å². The van der Waals surface area contributed by atoms with Crippen LogP contribution in [0.2, 0.25) is 0 Å². The number of unbranched alkanes of at least 4 members (excludes halogenated alkanes) is 78. The van der Waals surface area contributed by atoms with Crippen LogP contribution in [-0.2, 0) is 40.8 Å². The van der Waals surface area contributed by atoms with Crippen molar-refractivity contribution in [2.45, 2.75) is 581 Å². The van der Waals surface area contributed by atoms with Crippen LogP contribution in [0.25, 0.3) is 0 Å². The Morgan fingerprint density at radius 3 is 0.268 bits per heavy atom. The minimum Gasteiger partial charge on any atom is -0.756 e. The smallest absolute Gasteiger partial charge is 0.756 e. The van der Waals surface area contributed by atoms with Crippen LogP contribution in [0.3, 0.4) is 0 Å². The van der Waals surface area contributed by atoms with Gasteiger partial charge in [-0.05, 0) is 38.5 Å². The predicted molar refractivity (Wildman–Crippen MR) is 486 cm³/mol. The van der Waals surface area contributed by atoms with Crippen LogP contribution in [-0.4, -0.2) is 57.0 Å². The van der Waals surface area contributed by atoms with Gasteiger partial charge in [0.05, 0.1) is 39.6 Å². The minimum absolute atomic E-state index is 0. The topological polar surface area (TPSA) is 176 Å². The molecule has 0 aliphatic carbocycles. The van der Waals surface area contributed by atoms with Crippen LogP contribution in [0.15, 0.2) is 0 Å². The molecule has 0 heterocycles. The summed E-state index contributed by atoms with van der Waals surface area (Å²) >= 11 is 0. The van der Waals surface area contributed by atoms with Crippen LogP contribution in [0.4, 0.5) is 0 Å².